The van der Waals surface area contributed by atoms with Gasteiger partial charge in [-0.2, -0.15) is 0 Å². The van der Waals surface area contributed by atoms with E-state index in [1.54, 1.807) is 6.92 Å². The van der Waals surface area contributed by atoms with Crippen LogP contribution >= 0.6 is 11.6 Å². The van der Waals surface area contributed by atoms with E-state index in [0.717, 1.165) is 30.8 Å². The number of hydrogen-bond acceptors (Lipinski definition) is 4. The zero-order chi connectivity index (χ0) is 13.4. The van der Waals surface area contributed by atoms with E-state index in [-0.39, 0.29) is 12.5 Å². The van der Waals surface area contributed by atoms with Crippen LogP contribution in [0.25, 0.3) is 0 Å². The molecule has 0 amide bonds. The van der Waals surface area contributed by atoms with Gasteiger partial charge in [-0.3, -0.25) is 4.79 Å². The first kappa shape index (κ1) is 15.0. The molecule has 0 saturated carbocycles. The number of carbonyl (C=O) groups is 1. The van der Waals surface area contributed by atoms with Gasteiger partial charge in [0.2, 0.25) is 0 Å². The fourth-order valence-electron chi connectivity index (χ4n) is 1.52. The van der Waals surface area contributed by atoms with Crippen LogP contribution in [0.5, 0.6) is 0 Å². The van der Waals surface area contributed by atoms with Crippen molar-refractivity contribution < 1.29 is 9.53 Å². The lowest BCUT2D eigenvalue weighted by molar-refractivity contribution is -0.142. The van der Waals surface area contributed by atoms with Crippen LogP contribution in [0.15, 0.2) is 0 Å². The Balaban J connectivity index is 2.37. The third kappa shape index (κ3) is 5.06. The van der Waals surface area contributed by atoms with Gasteiger partial charge in [0.1, 0.15) is 5.82 Å². The molecule has 5 nitrogen and oxygen atoms in total. The van der Waals surface area contributed by atoms with Crippen molar-refractivity contribution in [2.75, 3.05) is 13.2 Å². The van der Waals surface area contributed by atoms with Crippen LogP contribution in [0, 0.1) is 0 Å². The van der Waals surface area contributed by atoms with Crippen LogP contribution < -0.4 is 5.32 Å². The summed E-state index contributed by atoms with van der Waals surface area (Å²) in [4.78, 5) is 18.5. The Bertz CT molecular complexity index is 379. The highest BCUT2D eigenvalue weighted by atomic mass is 35.5. The Hall–Kier alpha value is -1.07. The van der Waals surface area contributed by atoms with Gasteiger partial charge in [0.15, 0.2) is 5.15 Å². The lowest BCUT2D eigenvalue weighted by atomic mass is 10.2. The summed E-state index contributed by atoms with van der Waals surface area (Å²) >= 11 is 6.00. The van der Waals surface area contributed by atoms with Crippen LogP contribution in [0.1, 0.15) is 38.2 Å². The number of imidazole rings is 1. The second-order valence-electron chi connectivity index (χ2n) is 3.96. The minimum atomic E-state index is -0.264. The van der Waals surface area contributed by atoms with Gasteiger partial charge in [-0.05, 0) is 13.3 Å². The van der Waals surface area contributed by atoms with E-state index >= 15 is 0 Å². The highest BCUT2D eigenvalue weighted by molar-refractivity contribution is 6.30. The van der Waals surface area contributed by atoms with E-state index in [2.05, 4.69) is 22.2 Å². The molecule has 1 aromatic heterocycles. The summed E-state index contributed by atoms with van der Waals surface area (Å²) in [6.07, 6.45) is 3.10. The summed E-state index contributed by atoms with van der Waals surface area (Å²) in [5, 5.41) is 3.44. The number of hydrogen-bond donors (Lipinski definition) is 2. The zero-order valence-electron chi connectivity index (χ0n) is 10.9. The SMILES string of the molecule is CCCCc1nc(Cl)c(CNCC(=O)OCC)[nH]1. The molecule has 0 aliphatic carbocycles. The molecule has 0 fully saturated rings. The predicted octanol–water partition coefficient (Wildman–Crippen LogP) is 2.06. The van der Waals surface area contributed by atoms with Gasteiger partial charge < -0.3 is 15.0 Å². The summed E-state index contributed by atoms with van der Waals surface area (Å²) in [7, 11) is 0. The van der Waals surface area contributed by atoms with Crippen molar-refractivity contribution >= 4 is 17.6 Å². The Kier molecular flexibility index (Phi) is 6.75. The van der Waals surface area contributed by atoms with Crippen LogP contribution in [-0.2, 0) is 22.5 Å². The van der Waals surface area contributed by atoms with Crippen molar-refractivity contribution in [3.8, 4) is 0 Å². The first-order valence-electron chi connectivity index (χ1n) is 6.27. The van der Waals surface area contributed by atoms with Crippen molar-refractivity contribution in [2.45, 2.75) is 39.7 Å². The summed E-state index contributed by atoms with van der Waals surface area (Å²) in [5.41, 5.74) is 0.812. The average molecular weight is 274 g/mol. The molecule has 0 unspecified atom stereocenters. The van der Waals surface area contributed by atoms with Crippen molar-refractivity contribution in [3.05, 3.63) is 16.7 Å². The number of rotatable bonds is 8. The Morgan fingerprint density at radius 2 is 2.28 bits per heavy atom. The molecule has 0 aromatic carbocycles. The molecule has 1 rings (SSSR count). The van der Waals surface area contributed by atoms with Crippen LogP contribution in [-0.4, -0.2) is 29.1 Å². The van der Waals surface area contributed by atoms with Gasteiger partial charge in [-0.1, -0.05) is 24.9 Å². The van der Waals surface area contributed by atoms with Crippen molar-refractivity contribution in [1.82, 2.24) is 15.3 Å². The fourth-order valence-corrected chi connectivity index (χ4v) is 1.74. The van der Waals surface area contributed by atoms with Gasteiger partial charge in [-0.15, -0.1) is 0 Å². The average Bonchev–Trinajstić information content (AvgIpc) is 2.68. The number of ether oxygens (including phenoxy) is 1. The standard InChI is InChI=1S/C12H20ClN3O2/c1-3-5-6-10-15-9(12(13)16-10)7-14-8-11(17)18-4-2/h14H,3-8H2,1-2H3,(H,15,16). The van der Waals surface area contributed by atoms with E-state index in [0.29, 0.717) is 18.3 Å². The van der Waals surface area contributed by atoms with E-state index in [9.17, 15) is 4.79 Å². The molecule has 1 aromatic rings. The van der Waals surface area contributed by atoms with Crippen LogP contribution in [0.3, 0.4) is 0 Å². The van der Waals surface area contributed by atoms with Gasteiger partial charge in [0.05, 0.1) is 18.8 Å². The molecular weight excluding hydrogens is 254 g/mol. The maximum Gasteiger partial charge on any atom is 0.319 e. The van der Waals surface area contributed by atoms with Gasteiger partial charge in [0, 0.05) is 13.0 Å². The Morgan fingerprint density at radius 1 is 1.50 bits per heavy atom. The molecule has 0 spiro atoms. The van der Waals surface area contributed by atoms with E-state index in [4.69, 9.17) is 16.3 Å². The van der Waals surface area contributed by atoms with E-state index in [1.165, 1.54) is 0 Å². The molecule has 0 aliphatic rings. The second-order valence-corrected chi connectivity index (χ2v) is 4.32. The quantitative estimate of drug-likeness (QED) is 0.712. The summed E-state index contributed by atoms with van der Waals surface area (Å²) in [6, 6.07) is 0. The maximum absolute atomic E-state index is 11.1. The van der Waals surface area contributed by atoms with E-state index in [1.807, 2.05) is 0 Å². The molecule has 1 heterocycles. The molecule has 2 N–H and O–H groups in total. The molecule has 6 heteroatoms. The molecule has 0 saturated heterocycles. The number of halogens is 1. The molecular formula is C12H20ClN3O2. The Labute approximate surface area is 112 Å². The molecule has 0 aliphatic heterocycles. The highest BCUT2D eigenvalue weighted by Gasteiger charge is 2.08. The summed E-state index contributed by atoms with van der Waals surface area (Å²) in [6.45, 7) is 4.97. The minimum absolute atomic E-state index is 0.174. The topological polar surface area (TPSA) is 67.0 Å². The fraction of sp³-hybridized carbons (Fsp3) is 0.667. The number of aromatic amines is 1. The normalized spacial score (nSPS) is 10.6. The number of aryl methyl sites for hydroxylation is 1. The van der Waals surface area contributed by atoms with Crippen molar-refractivity contribution in [2.24, 2.45) is 0 Å². The minimum Gasteiger partial charge on any atom is -0.465 e. The lowest BCUT2D eigenvalue weighted by Gasteiger charge is -2.03. The summed E-state index contributed by atoms with van der Waals surface area (Å²) < 4.78 is 4.81. The van der Waals surface area contributed by atoms with Crippen molar-refractivity contribution in [1.29, 1.82) is 0 Å². The van der Waals surface area contributed by atoms with Gasteiger partial charge in [0.25, 0.3) is 0 Å². The highest BCUT2D eigenvalue weighted by Crippen LogP contribution is 2.13. The number of nitrogens with one attached hydrogen (secondary N) is 2. The third-order valence-corrected chi connectivity index (χ3v) is 2.73. The Morgan fingerprint density at radius 3 is 2.94 bits per heavy atom. The molecule has 0 bridgehead atoms. The molecule has 0 radical (unpaired) electrons. The number of H-pyrrole nitrogens is 1. The smallest absolute Gasteiger partial charge is 0.319 e. The third-order valence-electron chi connectivity index (χ3n) is 2.42. The molecule has 18 heavy (non-hydrogen) atoms. The predicted molar refractivity (Wildman–Crippen MR) is 70.5 cm³/mol. The van der Waals surface area contributed by atoms with E-state index < -0.39 is 0 Å². The maximum atomic E-state index is 11.1. The summed E-state index contributed by atoms with van der Waals surface area (Å²) in [5.74, 6) is 0.633. The van der Waals surface area contributed by atoms with Crippen LogP contribution in [0.2, 0.25) is 5.15 Å². The lowest BCUT2D eigenvalue weighted by Crippen LogP contribution is -2.24. The monoisotopic (exact) mass is 273 g/mol. The van der Waals surface area contributed by atoms with Gasteiger partial charge >= 0.3 is 5.97 Å². The molecule has 0 atom stereocenters. The van der Waals surface area contributed by atoms with Gasteiger partial charge in [-0.25, -0.2) is 4.98 Å². The number of carbonyl (C=O) groups excluding carboxylic acids is 1. The van der Waals surface area contributed by atoms with Crippen LogP contribution in [0.4, 0.5) is 0 Å². The van der Waals surface area contributed by atoms with Crippen molar-refractivity contribution in [3.63, 3.8) is 0 Å². The number of unbranched alkanes of at least 4 members (excludes halogenated alkanes) is 1. The first-order chi connectivity index (χ1) is 8.67. The number of nitrogens with zero attached hydrogens (tertiary/aromatic N) is 1. The number of esters is 1. The zero-order valence-corrected chi connectivity index (χ0v) is 11.6. The largest absolute Gasteiger partial charge is 0.465 e. The number of aromatic nitrogens is 2. The second kappa shape index (κ2) is 8.11. The molecule has 102 valence electrons. The first-order valence-corrected chi connectivity index (χ1v) is 6.64.